The van der Waals surface area contributed by atoms with Crippen LogP contribution in [0.3, 0.4) is 0 Å². The summed E-state index contributed by atoms with van der Waals surface area (Å²) in [5.74, 6) is -0.0803. The van der Waals surface area contributed by atoms with Crippen molar-refractivity contribution >= 4 is 23.2 Å². The molecule has 2 rings (SSSR count). The molecule has 0 bridgehead atoms. The van der Waals surface area contributed by atoms with E-state index < -0.39 is 0 Å². The Kier molecular flexibility index (Phi) is 4.24. The van der Waals surface area contributed by atoms with Gasteiger partial charge in [0.15, 0.2) is 0 Å². The van der Waals surface area contributed by atoms with Crippen LogP contribution < -0.4 is 5.32 Å². The van der Waals surface area contributed by atoms with Crippen LogP contribution in [0.25, 0.3) is 0 Å². The molecular formula is C13H16ClN5O. The van der Waals surface area contributed by atoms with Crippen LogP contribution in [0.15, 0.2) is 24.4 Å². The van der Waals surface area contributed by atoms with Crippen LogP contribution in [0.1, 0.15) is 16.1 Å². The van der Waals surface area contributed by atoms with E-state index in [1.165, 1.54) is 4.90 Å². The van der Waals surface area contributed by atoms with Gasteiger partial charge in [0.25, 0.3) is 5.91 Å². The first kappa shape index (κ1) is 14.3. The molecular weight excluding hydrogens is 278 g/mol. The standard InChI is InChI=1S/C13H16ClN5O/c1-18(2)13(20)11-5-4-9(14)6-12(11)15-7-10-8-19(3)17-16-10/h4-6,8,15H,7H2,1-3H3. The second-order valence-corrected chi connectivity index (χ2v) is 5.06. The Balaban J connectivity index is 2.21. The average Bonchev–Trinajstić information content (AvgIpc) is 2.81. The van der Waals surface area contributed by atoms with Crippen molar-refractivity contribution in [3.05, 3.63) is 40.7 Å². The lowest BCUT2D eigenvalue weighted by atomic mass is 10.1. The van der Waals surface area contributed by atoms with Gasteiger partial charge in [0.1, 0.15) is 5.69 Å². The maximum absolute atomic E-state index is 12.1. The molecule has 106 valence electrons. The number of amides is 1. The zero-order chi connectivity index (χ0) is 14.7. The van der Waals surface area contributed by atoms with Gasteiger partial charge in [0, 0.05) is 38.0 Å². The van der Waals surface area contributed by atoms with Gasteiger partial charge < -0.3 is 10.2 Å². The van der Waals surface area contributed by atoms with Crippen LogP contribution in [-0.4, -0.2) is 39.9 Å². The summed E-state index contributed by atoms with van der Waals surface area (Å²) in [5, 5.41) is 11.6. The zero-order valence-electron chi connectivity index (χ0n) is 11.6. The Morgan fingerprint density at radius 3 is 2.80 bits per heavy atom. The number of anilines is 1. The maximum Gasteiger partial charge on any atom is 0.255 e. The Hall–Kier alpha value is -2.08. The van der Waals surface area contributed by atoms with E-state index in [0.29, 0.717) is 22.8 Å². The molecule has 1 N–H and O–H groups in total. The quantitative estimate of drug-likeness (QED) is 0.933. The molecule has 1 amide bonds. The summed E-state index contributed by atoms with van der Waals surface area (Å²) in [5.41, 5.74) is 2.04. The largest absolute Gasteiger partial charge is 0.379 e. The number of hydrogen-bond donors (Lipinski definition) is 1. The Bertz CT molecular complexity index is 623. The van der Waals surface area contributed by atoms with Crippen LogP contribution >= 0.6 is 11.6 Å². The molecule has 6 nitrogen and oxygen atoms in total. The molecule has 0 aliphatic heterocycles. The fraction of sp³-hybridized carbons (Fsp3) is 0.308. The fourth-order valence-electron chi connectivity index (χ4n) is 1.75. The molecule has 20 heavy (non-hydrogen) atoms. The van der Waals surface area contributed by atoms with E-state index in [1.54, 1.807) is 44.0 Å². The number of carbonyl (C=O) groups is 1. The molecule has 1 aromatic carbocycles. The molecule has 0 saturated carbocycles. The van der Waals surface area contributed by atoms with E-state index in [2.05, 4.69) is 15.6 Å². The molecule has 0 saturated heterocycles. The maximum atomic E-state index is 12.1. The van der Waals surface area contributed by atoms with E-state index in [1.807, 2.05) is 6.20 Å². The molecule has 0 atom stereocenters. The summed E-state index contributed by atoms with van der Waals surface area (Å²) in [6.45, 7) is 0.474. The minimum atomic E-state index is -0.0803. The van der Waals surface area contributed by atoms with Gasteiger partial charge in [-0.3, -0.25) is 9.48 Å². The van der Waals surface area contributed by atoms with E-state index in [0.717, 1.165) is 5.69 Å². The van der Waals surface area contributed by atoms with Gasteiger partial charge in [-0.1, -0.05) is 16.8 Å². The number of carbonyl (C=O) groups excluding carboxylic acids is 1. The average molecular weight is 294 g/mol. The predicted molar refractivity (Wildman–Crippen MR) is 77.8 cm³/mol. The number of halogens is 1. The predicted octanol–water partition coefficient (Wildman–Crippen LogP) is 1.78. The number of hydrogen-bond acceptors (Lipinski definition) is 4. The number of nitrogens with zero attached hydrogens (tertiary/aromatic N) is 4. The smallest absolute Gasteiger partial charge is 0.255 e. The van der Waals surface area contributed by atoms with E-state index in [9.17, 15) is 4.79 Å². The summed E-state index contributed by atoms with van der Waals surface area (Å²) in [6, 6.07) is 5.14. The lowest BCUT2D eigenvalue weighted by molar-refractivity contribution is 0.0828. The third-order valence-corrected chi connectivity index (χ3v) is 2.96. The molecule has 1 aromatic heterocycles. The molecule has 0 aliphatic rings. The topological polar surface area (TPSA) is 63.1 Å². The second kappa shape index (κ2) is 5.92. The van der Waals surface area contributed by atoms with Crippen molar-refractivity contribution in [2.45, 2.75) is 6.54 Å². The van der Waals surface area contributed by atoms with Gasteiger partial charge in [0.2, 0.25) is 0 Å². The molecule has 0 radical (unpaired) electrons. The second-order valence-electron chi connectivity index (χ2n) is 4.63. The number of benzene rings is 1. The molecule has 0 aliphatic carbocycles. The van der Waals surface area contributed by atoms with Crippen LogP contribution in [0.2, 0.25) is 5.02 Å². The van der Waals surface area contributed by atoms with E-state index >= 15 is 0 Å². The Labute approximate surface area is 122 Å². The minimum Gasteiger partial charge on any atom is -0.379 e. The first-order chi connectivity index (χ1) is 9.47. The van der Waals surface area contributed by atoms with Gasteiger partial charge in [-0.05, 0) is 18.2 Å². The first-order valence-corrected chi connectivity index (χ1v) is 6.45. The molecule has 1 heterocycles. The van der Waals surface area contributed by atoms with Gasteiger partial charge in [0.05, 0.1) is 12.1 Å². The summed E-state index contributed by atoms with van der Waals surface area (Å²) in [4.78, 5) is 13.6. The highest BCUT2D eigenvalue weighted by Gasteiger charge is 2.14. The number of rotatable bonds is 4. The van der Waals surface area contributed by atoms with Crippen molar-refractivity contribution in [2.75, 3.05) is 19.4 Å². The Morgan fingerprint density at radius 2 is 2.20 bits per heavy atom. The van der Waals surface area contributed by atoms with Crippen molar-refractivity contribution in [3.63, 3.8) is 0 Å². The van der Waals surface area contributed by atoms with Gasteiger partial charge in [-0.25, -0.2) is 0 Å². The third-order valence-electron chi connectivity index (χ3n) is 2.73. The minimum absolute atomic E-state index is 0.0803. The van der Waals surface area contributed by atoms with Crippen LogP contribution in [0.4, 0.5) is 5.69 Å². The highest BCUT2D eigenvalue weighted by Crippen LogP contribution is 2.22. The van der Waals surface area contributed by atoms with Crippen molar-refractivity contribution in [1.82, 2.24) is 19.9 Å². The lowest BCUT2D eigenvalue weighted by Gasteiger charge is -2.15. The number of nitrogens with one attached hydrogen (secondary N) is 1. The molecule has 0 spiro atoms. The van der Waals surface area contributed by atoms with Gasteiger partial charge in [-0.2, -0.15) is 0 Å². The summed E-state index contributed by atoms with van der Waals surface area (Å²) >= 11 is 5.99. The van der Waals surface area contributed by atoms with Crippen LogP contribution in [0, 0.1) is 0 Å². The zero-order valence-corrected chi connectivity index (χ0v) is 12.3. The van der Waals surface area contributed by atoms with E-state index in [4.69, 9.17) is 11.6 Å². The van der Waals surface area contributed by atoms with E-state index in [-0.39, 0.29) is 5.91 Å². The highest BCUT2D eigenvalue weighted by atomic mass is 35.5. The van der Waals surface area contributed by atoms with Crippen LogP contribution in [-0.2, 0) is 13.6 Å². The third kappa shape index (κ3) is 3.27. The summed E-state index contributed by atoms with van der Waals surface area (Å²) < 4.78 is 1.63. The molecule has 0 unspecified atom stereocenters. The molecule has 7 heteroatoms. The van der Waals surface area contributed by atoms with Crippen molar-refractivity contribution in [3.8, 4) is 0 Å². The number of aromatic nitrogens is 3. The fourth-order valence-corrected chi connectivity index (χ4v) is 1.92. The molecule has 2 aromatic rings. The summed E-state index contributed by atoms with van der Waals surface area (Å²) in [7, 11) is 5.23. The van der Waals surface area contributed by atoms with Crippen molar-refractivity contribution < 1.29 is 4.79 Å². The molecule has 0 fully saturated rings. The first-order valence-electron chi connectivity index (χ1n) is 6.07. The lowest BCUT2D eigenvalue weighted by Crippen LogP contribution is -2.23. The van der Waals surface area contributed by atoms with Crippen molar-refractivity contribution in [1.29, 1.82) is 0 Å². The van der Waals surface area contributed by atoms with Crippen LogP contribution in [0.5, 0.6) is 0 Å². The SMILES string of the molecule is CN(C)C(=O)c1ccc(Cl)cc1NCc1cn(C)nn1. The van der Waals surface area contributed by atoms with Gasteiger partial charge in [-0.15, -0.1) is 5.10 Å². The number of aryl methyl sites for hydroxylation is 1. The highest BCUT2D eigenvalue weighted by molar-refractivity contribution is 6.31. The monoisotopic (exact) mass is 293 g/mol. The Morgan fingerprint density at radius 1 is 1.45 bits per heavy atom. The normalized spacial score (nSPS) is 10.4. The van der Waals surface area contributed by atoms with Crippen molar-refractivity contribution in [2.24, 2.45) is 7.05 Å². The summed E-state index contributed by atoms with van der Waals surface area (Å²) in [6.07, 6.45) is 1.81. The van der Waals surface area contributed by atoms with Gasteiger partial charge >= 0.3 is 0 Å².